The van der Waals surface area contributed by atoms with Crippen molar-refractivity contribution in [2.75, 3.05) is 18.9 Å². The Labute approximate surface area is 163 Å². The molecule has 5 heteroatoms. The zero-order valence-corrected chi connectivity index (χ0v) is 15.3. The van der Waals surface area contributed by atoms with Gasteiger partial charge in [0.25, 0.3) is 0 Å². The van der Waals surface area contributed by atoms with E-state index in [4.69, 9.17) is 10.5 Å². The number of benzene rings is 2. The molecule has 2 aromatic carbocycles. The molecule has 1 aliphatic rings. The van der Waals surface area contributed by atoms with Gasteiger partial charge in [0.2, 0.25) is 0 Å². The van der Waals surface area contributed by atoms with E-state index >= 15 is 0 Å². The first-order chi connectivity index (χ1) is 13.7. The molecule has 1 aromatic heterocycles. The van der Waals surface area contributed by atoms with Gasteiger partial charge in [-0.25, -0.2) is 4.79 Å². The van der Waals surface area contributed by atoms with Crippen LogP contribution in [-0.2, 0) is 4.74 Å². The van der Waals surface area contributed by atoms with Gasteiger partial charge in [-0.05, 0) is 40.5 Å². The van der Waals surface area contributed by atoms with E-state index in [1.54, 1.807) is 30.5 Å². The molecule has 4 rings (SSSR count). The summed E-state index contributed by atoms with van der Waals surface area (Å²) in [6.45, 7) is 0.642. The van der Waals surface area contributed by atoms with Crippen molar-refractivity contribution >= 4 is 17.9 Å². The molecular formula is C23H21N3O2. The van der Waals surface area contributed by atoms with Crippen molar-refractivity contribution in [2.24, 2.45) is 0 Å². The maximum absolute atomic E-state index is 12.1. The van der Waals surface area contributed by atoms with Crippen molar-refractivity contribution in [3.8, 4) is 11.1 Å². The number of amides is 1. The molecule has 1 heterocycles. The predicted molar refractivity (Wildman–Crippen MR) is 111 cm³/mol. The Morgan fingerprint density at radius 1 is 1.04 bits per heavy atom. The van der Waals surface area contributed by atoms with Crippen LogP contribution in [-0.4, -0.2) is 24.2 Å². The number of nitrogens with zero attached hydrogens (tertiary/aromatic N) is 1. The molecule has 0 radical (unpaired) electrons. The highest BCUT2D eigenvalue weighted by atomic mass is 16.5. The highest BCUT2D eigenvalue weighted by Crippen LogP contribution is 2.44. The number of nitrogens with one attached hydrogen (secondary N) is 1. The van der Waals surface area contributed by atoms with Crippen LogP contribution in [0, 0.1) is 0 Å². The number of anilines is 1. The summed E-state index contributed by atoms with van der Waals surface area (Å²) in [6, 6.07) is 20.1. The predicted octanol–water partition coefficient (Wildman–Crippen LogP) is 4.22. The lowest BCUT2D eigenvalue weighted by molar-refractivity contribution is 0.144. The number of ether oxygens (including phenoxy) is 1. The van der Waals surface area contributed by atoms with Crippen molar-refractivity contribution in [3.63, 3.8) is 0 Å². The zero-order chi connectivity index (χ0) is 19.3. The lowest BCUT2D eigenvalue weighted by atomic mass is 9.98. The Morgan fingerprint density at radius 3 is 2.39 bits per heavy atom. The molecular weight excluding hydrogens is 350 g/mol. The number of pyridine rings is 1. The fraction of sp³-hybridized carbons (Fsp3) is 0.130. The van der Waals surface area contributed by atoms with Gasteiger partial charge in [-0.2, -0.15) is 0 Å². The first-order valence-corrected chi connectivity index (χ1v) is 9.20. The number of hydrogen-bond donors (Lipinski definition) is 2. The Morgan fingerprint density at radius 2 is 1.71 bits per heavy atom. The number of hydrogen-bond acceptors (Lipinski definition) is 4. The number of nitrogens with two attached hydrogens (primary N) is 1. The molecule has 1 amide bonds. The minimum atomic E-state index is -0.444. The van der Waals surface area contributed by atoms with Crippen molar-refractivity contribution in [1.82, 2.24) is 10.3 Å². The third-order valence-electron chi connectivity index (χ3n) is 4.85. The van der Waals surface area contributed by atoms with E-state index in [0.717, 1.165) is 0 Å². The molecule has 0 unspecified atom stereocenters. The average molecular weight is 371 g/mol. The first kappa shape index (κ1) is 17.8. The molecule has 0 aliphatic heterocycles. The van der Waals surface area contributed by atoms with Gasteiger partial charge in [0, 0.05) is 18.7 Å². The van der Waals surface area contributed by atoms with Crippen molar-refractivity contribution in [2.45, 2.75) is 5.92 Å². The molecule has 0 fully saturated rings. The number of carbonyl (C=O) groups is 1. The Bertz CT molecular complexity index is 984. The number of alkyl carbamates (subject to hydrolysis) is 1. The van der Waals surface area contributed by atoms with Gasteiger partial charge in [0.15, 0.2) is 0 Å². The van der Waals surface area contributed by atoms with Crippen LogP contribution in [0.3, 0.4) is 0 Å². The summed E-state index contributed by atoms with van der Waals surface area (Å²) < 4.78 is 5.49. The quantitative estimate of drug-likeness (QED) is 0.704. The third-order valence-corrected chi connectivity index (χ3v) is 4.85. The van der Waals surface area contributed by atoms with Crippen LogP contribution in [0.4, 0.5) is 10.5 Å². The van der Waals surface area contributed by atoms with Crippen LogP contribution < -0.4 is 11.1 Å². The third kappa shape index (κ3) is 3.60. The second-order valence-electron chi connectivity index (χ2n) is 6.59. The van der Waals surface area contributed by atoms with Gasteiger partial charge in [0.1, 0.15) is 6.61 Å². The van der Waals surface area contributed by atoms with Crippen LogP contribution in [0.1, 0.15) is 22.7 Å². The van der Waals surface area contributed by atoms with Crippen molar-refractivity contribution in [1.29, 1.82) is 0 Å². The van der Waals surface area contributed by atoms with Crippen LogP contribution in [0.2, 0.25) is 0 Å². The second-order valence-corrected chi connectivity index (χ2v) is 6.59. The summed E-state index contributed by atoms with van der Waals surface area (Å²) >= 11 is 0. The van der Waals surface area contributed by atoms with Crippen LogP contribution in [0.25, 0.3) is 17.2 Å². The molecule has 0 saturated carbocycles. The van der Waals surface area contributed by atoms with E-state index in [0.29, 0.717) is 24.5 Å². The molecule has 140 valence electrons. The molecule has 5 nitrogen and oxygen atoms in total. The fourth-order valence-electron chi connectivity index (χ4n) is 3.53. The van der Waals surface area contributed by atoms with Gasteiger partial charge < -0.3 is 15.8 Å². The number of fused-ring (bicyclic) bond motifs is 3. The smallest absolute Gasteiger partial charge is 0.407 e. The number of aromatic nitrogens is 1. The number of carbonyl (C=O) groups excluding carboxylic acids is 1. The molecule has 0 saturated heterocycles. The normalized spacial score (nSPS) is 12.6. The standard InChI is InChI=1S/C23H21N3O2/c24-21-11-5-13-25-22(21)12-6-14-26-23(27)28-15-20-18-9-3-1-7-16(18)17-8-2-4-10-19(17)20/h1-13,20H,14-15,24H2,(H,26,27). The Balaban J connectivity index is 1.35. The van der Waals surface area contributed by atoms with Gasteiger partial charge in [-0.1, -0.05) is 54.6 Å². The SMILES string of the molecule is Nc1cccnc1C=CCNC(=O)OCC1c2ccccc2-c2ccccc21. The fourth-order valence-corrected chi connectivity index (χ4v) is 3.53. The largest absolute Gasteiger partial charge is 0.449 e. The maximum Gasteiger partial charge on any atom is 0.407 e. The van der Waals surface area contributed by atoms with Crippen LogP contribution in [0.15, 0.2) is 72.9 Å². The van der Waals surface area contributed by atoms with E-state index in [1.807, 2.05) is 24.3 Å². The summed E-state index contributed by atoms with van der Waals surface area (Å²) in [7, 11) is 0. The van der Waals surface area contributed by atoms with E-state index in [-0.39, 0.29) is 5.92 Å². The maximum atomic E-state index is 12.1. The van der Waals surface area contributed by atoms with E-state index < -0.39 is 6.09 Å². The summed E-state index contributed by atoms with van der Waals surface area (Å²) in [5, 5.41) is 2.73. The molecule has 28 heavy (non-hydrogen) atoms. The highest BCUT2D eigenvalue weighted by molar-refractivity contribution is 5.79. The van der Waals surface area contributed by atoms with E-state index in [1.165, 1.54) is 22.3 Å². The topological polar surface area (TPSA) is 77.2 Å². The molecule has 0 atom stereocenters. The monoisotopic (exact) mass is 371 g/mol. The van der Waals surface area contributed by atoms with E-state index in [9.17, 15) is 4.79 Å². The van der Waals surface area contributed by atoms with Crippen molar-refractivity contribution in [3.05, 3.63) is 89.8 Å². The van der Waals surface area contributed by atoms with E-state index in [2.05, 4.69) is 34.6 Å². The lowest BCUT2D eigenvalue weighted by Crippen LogP contribution is -2.26. The second kappa shape index (κ2) is 7.96. The summed E-state index contributed by atoms with van der Waals surface area (Å²) in [6.07, 6.45) is 4.80. The van der Waals surface area contributed by atoms with Gasteiger partial charge in [0.05, 0.1) is 11.4 Å². The summed E-state index contributed by atoms with van der Waals surface area (Å²) in [5.74, 6) is 0.0574. The van der Waals surface area contributed by atoms with Gasteiger partial charge in [-0.15, -0.1) is 0 Å². The molecule has 0 bridgehead atoms. The Kier molecular flexibility index (Phi) is 5.06. The molecule has 1 aliphatic carbocycles. The minimum absolute atomic E-state index is 0.0574. The summed E-state index contributed by atoms with van der Waals surface area (Å²) in [5.41, 5.74) is 11.9. The molecule has 3 N–H and O–H groups in total. The lowest BCUT2D eigenvalue weighted by Gasteiger charge is -2.14. The number of nitrogen functional groups attached to an aromatic ring is 1. The number of rotatable bonds is 5. The molecule has 3 aromatic rings. The minimum Gasteiger partial charge on any atom is -0.449 e. The highest BCUT2D eigenvalue weighted by Gasteiger charge is 2.28. The average Bonchev–Trinajstić information content (AvgIpc) is 3.05. The van der Waals surface area contributed by atoms with Gasteiger partial charge in [-0.3, -0.25) is 4.98 Å². The first-order valence-electron chi connectivity index (χ1n) is 9.20. The van der Waals surface area contributed by atoms with Crippen LogP contribution >= 0.6 is 0 Å². The van der Waals surface area contributed by atoms with Crippen molar-refractivity contribution < 1.29 is 9.53 Å². The summed E-state index contributed by atoms with van der Waals surface area (Å²) in [4.78, 5) is 16.3. The Hall–Kier alpha value is -3.60. The zero-order valence-electron chi connectivity index (χ0n) is 15.3. The van der Waals surface area contributed by atoms with Crippen LogP contribution in [0.5, 0.6) is 0 Å². The molecule has 0 spiro atoms. The van der Waals surface area contributed by atoms with Gasteiger partial charge >= 0.3 is 6.09 Å².